The van der Waals surface area contributed by atoms with Gasteiger partial charge in [-0.15, -0.1) is 0 Å². The number of hydrogen-bond acceptors (Lipinski definition) is 6. The van der Waals surface area contributed by atoms with Gasteiger partial charge in [0.25, 0.3) is 5.89 Å². The van der Waals surface area contributed by atoms with Crippen molar-refractivity contribution < 1.29 is 23.4 Å². The molecule has 2 aromatic carbocycles. The summed E-state index contributed by atoms with van der Waals surface area (Å²) in [7, 11) is 4.58. The maximum Gasteiger partial charge on any atom is 0.311 e. The molecule has 3 rings (SSSR count). The van der Waals surface area contributed by atoms with Crippen LogP contribution in [0.15, 0.2) is 53.1 Å². The van der Waals surface area contributed by atoms with Crippen LogP contribution in [-0.4, -0.2) is 32.2 Å². The number of carbonyl (C=O) groups excluding carboxylic acids is 1. The van der Waals surface area contributed by atoms with Gasteiger partial charge in [-0.1, -0.05) is 18.2 Å². The maximum atomic E-state index is 12.3. The first-order valence-corrected chi connectivity index (χ1v) is 7.79. The average Bonchev–Trinajstić information content (AvgIpc) is 3.18. The van der Waals surface area contributed by atoms with E-state index in [1.807, 2.05) is 18.2 Å². The Morgan fingerprint density at radius 2 is 1.65 bits per heavy atom. The fourth-order valence-electron chi connectivity index (χ4n) is 2.44. The molecule has 0 unspecified atom stereocenters. The molecule has 1 heterocycles. The topological polar surface area (TPSA) is 82.8 Å². The Hall–Kier alpha value is -3.48. The highest BCUT2D eigenvalue weighted by molar-refractivity contribution is 6.01. The molecule has 0 atom stereocenters. The van der Waals surface area contributed by atoms with Gasteiger partial charge in [0.2, 0.25) is 5.75 Å². The lowest BCUT2D eigenvalue weighted by molar-refractivity contribution is 0.0991. The van der Waals surface area contributed by atoms with Crippen molar-refractivity contribution in [3.63, 3.8) is 0 Å². The lowest BCUT2D eigenvalue weighted by atomic mass is 10.1. The Morgan fingerprint density at radius 3 is 2.23 bits per heavy atom. The first kappa shape index (κ1) is 17.3. The van der Waals surface area contributed by atoms with Gasteiger partial charge in [-0.25, -0.2) is 4.98 Å². The highest BCUT2D eigenvalue weighted by Gasteiger charge is 2.18. The third-order valence-corrected chi connectivity index (χ3v) is 3.68. The first-order valence-electron chi connectivity index (χ1n) is 7.79. The molecule has 26 heavy (non-hydrogen) atoms. The molecule has 0 radical (unpaired) electrons. The summed E-state index contributed by atoms with van der Waals surface area (Å²) in [6.45, 7) is 0. The number of amides is 1. The minimum atomic E-state index is -0.435. The van der Waals surface area contributed by atoms with Gasteiger partial charge in [0.1, 0.15) is 0 Å². The van der Waals surface area contributed by atoms with E-state index < -0.39 is 5.91 Å². The van der Waals surface area contributed by atoms with Crippen LogP contribution in [0.1, 0.15) is 10.7 Å². The summed E-state index contributed by atoms with van der Waals surface area (Å²) in [6, 6.07) is 12.5. The van der Waals surface area contributed by atoms with E-state index in [0.717, 1.165) is 0 Å². The molecule has 7 nitrogen and oxygen atoms in total. The van der Waals surface area contributed by atoms with Crippen LogP contribution in [0, 0.1) is 0 Å². The number of benzene rings is 2. The van der Waals surface area contributed by atoms with E-state index >= 15 is 0 Å². The Bertz CT molecular complexity index is 880. The van der Waals surface area contributed by atoms with Crippen LogP contribution in [0.2, 0.25) is 0 Å². The third kappa shape index (κ3) is 3.46. The number of methoxy groups -OCH3 is 3. The number of nitrogens with zero attached hydrogens (tertiary/aromatic N) is 1. The minimum Gasteiger partial charge on any atom is -0.493 e. The molecule has 0 saturated carbocycles. The zero-order valence-corrected chi connectivity index (χ0v) is 14.6. The predicted molar refractivity (Wildman–Crippen MR) is 96.0 cm³/mol. The molecule has 0 fully saturated rings. The second-order valence-electron chi connectivity index (χ2n) is 5.26. The standard InChI is InChI=1S/C19H18N2O5/c1-23-14-9-12(10-15(24-2)17(14)25-3)16-11-20-19(26-16)18(22)21-13-7-5-4-6-8-13/h4-11H,1-3H3,(H,21,22). The molecular weight excluding hydrogens is 336 g/mol. The smallest absolute Gasteiger partial charge is 0.311 e. The van der Waals surface area contributed by atoms with Crippen LogP contribution in [0.5, 0.6) is 17.2 Å². The van der Waals surface area contributed by atoms with Crippen LogP contribution < -0.4 is 19.5 Å². The summed E-state index contributed by atoms with van der Waals surface area (Å²) in [5.41, 5.74) is 1.30. The van der Waals surface area contributed by atoms with Crippen LogP contribution in [0.4, 0.5) is 5.69 Å². The highest BCUT2D eigenvalue weighted by atomic mass is 16.5. The van der Waals surface area contributed by atoms with Crippen molar-refractivity contribution in [3.05, 3.63) is 54.6 Å². The van der Waals surface area contributed by atoms with Gasteiger partial charge in [0, 0.05) is 11.3 Å². The van der Waals surface area contributed by atoms with Crippen molar-refractivity contribution in [2.75, 3.05) is 26.6 Å². The van der Waals surface area contributed by atoms with Crippen molar-refractivity contribution >= 4 is 11.6 Å². The summed E-state index contributed by atoms with van der Waals surface area (Å²) < 4.78 is 21.6. The third-order valence-electron chi connectivity index (χ3n) is 3.68. The lowest BCUT2D eigenvalue weighted by Crippen LogP contribution is -2.11. The number of ether oxygens (including phenoxy) is 3. The molecule has 7 heteroatoms. The SMILES string of the molecule is COc1cc(-c2cnc(C(=O)Nc3ccccc3)o2)cc(OC)c1OC. The van der Waals surface area contributed by atoms with Gasteiger partial charge < -0.3 is 23.9 Å². The Balaban J connectivity index is 1.89. The lowest BCUT2D eigenvalue weighted by Gasteiger charge is -2.13. The van der Waals surface area contributed by atoms with Gasteiger partial charge in [-0.05, 0) is 24.3 Å². The molecule has 0 bridgehead atoms. The van der Waals surface area contributed by atoms with Gasteiger partial charge in [0.05, 0.1) is 27.5 Å². The second-order valence-corrected chi connectivity index (χ2v) is 5.26. The quantitative estimate of drug-likeness (QED) is 0.728. The molecule has 0 aliphatic heterocycles. The molecule has 0 spiro atoms. The zero-order valence-electron chi connectivity index (χ0n) is 14.6. The summed E-state index contributed by atoms with van der Waals surface area (Å²) in [5, 5.41) is 2.72. The van der Waals surface area contributed by atoms with Crippen molar-refractivity contribution in [3.8, 4) is 28.6 Å². The van der Waals surface area contributed by atoms with Gasteiger partial charge in [-0.2, -0.15) is 0 Å². The van der Waals surface area contributed by atoms with E-state index in [4.69, 9.17) is 18.6 Å². The largest absolute Gasteiger partial charge is 0.493 e. The van der Waals surface area contributed by atoms with E-state index in [2.05, 4.69) is 10.3 Å². The Kier molecular flexibility index (Phi) is 5.07. The first-order chi connectivity index (χ1) is 12.7. The molecule has 134 valence electrons. The maximum absolute atomic E-state index is 12.3. The molecular formula is C19H18N2O5. The summed E-state index contributed by atoms with van der Waals surface area (Å²) in [4.78, 5) is 16.3. The molecule has 1 amide bonds. The van der Waals surface area contributed by atoms with Crippen molar-refractivity contribution in [1.29, 1.82) is 0 Å². The fourth-order valence-corrected chi connectivity index (χ4v) is 2.44. The van der Waals surface area contributed by atoms with E-state index in [0.29, 0.717) is 34.3 Å². The monoisotopic (exact) mass is 354 g/mol. The Labute approximate surface area is 150 Å². The second kappa shape index (κ2) is 7.60. The van der Waals surface area contributed by atoms with Crippen LogP contribution in [0.25, 0.3) is 11.3 Å². The highest BCUT2D eigenvalue weighted by Crippen LogP contribution is 2.41. The molecule has 1 N–H and O–H groups in total. The fraction of sp³-hybridized carbons (Fsp3) is 0.158. The van der Waals surface area contributed by atoms with E-state index in [-0.39, 0.29) is 5.89 Å². The number of rotatable bonds is 6. The predicted octanol–water partition coefficient (Wildman–Crippen LogP) is 3.62. The summed E-state index contributed by atoms with van der Waals surface area (Å²) >= 11 is 0. The van der Waals surface area contributed by atoms with Crippen molar-refractivity contribution in [2.24, 2.45) is 0 Å². The molecule has 3 aromatic rings. The number of nitrogens with one attached hydrogen (secondary N) is 1. The molecule has 0 aliphatic carbocycles. The summed E-state index contributed by atoms with van der Waals surface area (Å²) in [6.07, 6.45) is 1.47. The average molecular weight is 354 g/mol. The van der Waals surface area contributed by atoms with Gasteiger partial charge in [0.15, 0.2) is 17.3 Å². The minimum absolute atomic E-state index is 0.0439. The molecule has 1 aromatic heterocycles. The van der Waals surface area contributed by atoms with Crippen molar-refractivity contribution in [2.45, 2.75) is 0 Å². The number of aromatic nitrogens is 1. The van der Waals surface area contributed by atoms with Crippen LogP contribution in [0.3, 0.4) is 0 Å². The number of carbonyl (C=O) groups is 1. The van der Waals surface area contributed by atoms with Crippen LogP contribution >= 0.6 is 0 Å². The molecule has 0 aliphatic rings. The van der Waals surface area contributed by atoms with E-state index in [1.54, 1.807) is 24.3 Å². The number of anilines is 1. The van der Waals surface area contributed by atoms with Gasteiger partial charge >= 0.3 is 5.91 Å². The van der Waals surface area contributed by atoms with E-state index in [9.17, 15) is 4.79 Å². The van der Waals surface area contributed by atoms with Crippen LogP contribution in [-0.2, 0) is 0 Å². The van der Waals surface area contributed by atoms with E-state index in [1.165, 1.54) is 27.5 Å². The summed E-state index contributed by atoms with van der Waals surface area (Å²) in [5.74, 6) is 1.36. The molecule has 0 saturated heterocycles. The normalized spacial score (nSPS) is 10.3. The number of hydrogen-bond donors (Lipinski definition) is 1. The van der Waals surface area contributed by atoms with Crippen molar-refractivity contribution in [1.82, 2.24) is 4.98 Å². The Morgan fingerprint density at radius 1 is 1.00 bits per heavy atom. The number of oxazole rings is 1. The zero-order chi connectivity index (χ0) is 18.5. The number of para-hydroxylation sites is 1. The van der Waals surface area contributed by atoms with Gasteiger partial charge in [-0.3, -0.25) is 4.79 Å².